The van der Waals surface area contributed by atoms with Gasteiger partial charge in [-0.25, -0.2) is 15.0 Å². The summed E-state index contributed by atoms with van der Waals surface area (Å²) in [7, 11) is 1.76. The Labute approximate surface area is 152 Å². The van der Waals surface area contributed by atoms with Crippen LogP contribution in [0.4, 0.5) is 11.6 Å². The van der Waals surface area contributed by atoms with Crippen molar-refractivity contribution in [3.63, 3.8) is 0 Å². The average Bonchev–Trinajstić information content (AvgIpc) is 3.10. The molecule has 0 bridgehead atoms. The molecule has 0 spiro atoms. The topological polar surface area (TPSA) is 76.1 Å². The largest absolute Gasteiger partial charge is 0.380 e. The quantitative estimate of drug-likeness (QED) is 0.757. The third-order valence-electron chi connectivity index (χ3n) is 4.82. The molecule has 7 nitrogen and oxygen atoms in total. The fraction of sp³-hybridized carbons (Fsp3) is 0.368. The van der Waals surface area contributed by atoms with Gasteiger partial charge < -0.3 is 15.0 Å². The molecule has 1 N–H and O–H groups in total. The van der Waals surface area contributed by atoms with Crippen molar-refractivity contribution in [3.8, 4) is 0 Å². The van der Waals surface area contributed by atoms with Crippen molar-refractivity contribution in [2.75, 3.05) is 30.4 Å². The molecule has 134 valence electrons. The molecular weight excluding hydrogens is 328 g/mol. The van der Waals surface area contributed by atoms with Crippen molar-refractivity contribution in [2.24, 2.45) is 0 Å². The molecule has 0 aliphatic carbocycles. The Hall–Kier alpha value is -2.80. The molecule has 26 heavy (non-hydrogen) atoms. The second-order valence-electron chi connectivity index (χ2n) is 6.53. The highest BCUT2D eigenvalue weighted by Crippen LogP contribution is 2.26. The van der Waals surface area contributed by atoms with Crippen molar-refractivity contribution in [2.45, 2.75) is 25.5 Å². The van der Waals surface area contributed by atoms with Gasteiger partial charge in [0.05, 0.1) is 12.1 Å². The zero-order chi connectivity index (χ0) is 17.9. The molecule has 0 saturated carbocycles. The summed E-state index contributed by atoms with van der Waals surface area (Å²) in [5.41, 5.74) is 1.85. The standard InChI is InChI=1S/C19H22N6O/c1-13-8-17(24-12-23-13)25-11-16(26-2)9-15(25)10-22-19-18-14(5-7-21-19)4-3-6-20-18/h3-8,12,15-16H,9-11H2,1-2H3,(H,21,22)/t15-,16-/m1/s1. The van der Waals surface area contributed by atoms with Crippen LogP contribution in [0.5, 0.6) is 0 Å². The van der Waals surface area contributed by atoms with Gasteiger partial charge in [0.1, 0.15) is 17.7 Å². The Balaban J connectivity index is 1.55. The number of nitrogens with zero attached hydrogens (tertiary/aromatic N) is 5. The average molecular weight is 350 g/mol. The van der Waals surface area contributed by atoms with Crippen LogP contribution in [0.3, 0.4) is 0 Å². The number of aryl methyl sites for hydroxylation is 1. The number of fused-ring (bicyclic) bond motifs is 1. The molecule has 3 aromatic heterocycles. The van der Waals surface area contributed by atoms with E-state index in [0.29, 0.717) is 0 Å². The number of anilines is 2. The SMILES string of the molecule is CO[C@@H]1C[C@H](CNc2nccc3cccnc23)N(c2cc(C)ncn2)C1. The predicted molar refractivity (Wildman–Crippen MR) is 101 cm³/mol. The van der Waals surface area contributed by atoms with E-state index in [-0.39, 0.29) is 12.1 Å². The molecule has 4 heterocycles. The van der Waals surface area contributed by atoms with Gasteiger partial charge in [-0.2, -0.15) is 0 Å². The summed E-state index contributed by atoms with van der Waals surface area (Å²) < 4.78 is 5.60. The van der Waals surface area contributed by atoms with Crippen LogP contribution in [-0.4, -0.2) is 52.3 Å². The van der Waals surface area contributed by atoms with E-state index in [1.54, 1.807) is 19.6 Å². The molecule has 1 saturated heterocycles. The Morgan fingerprint density at radius 3 is 2.96 bits per heavy atom. The van der Waals surface area contributed by atoms with Gasteiger partial charge in [-0.1, -0.05) is 6.07 Å². The fourth-order valence-electron chi connectivity index (χ4n) is 3.46. The number of methoxy groups -OCH3 is 1. The fourth-order valence-corrected chi connectivity index (χ4v) is 3.46. The number of nitrogens with one attached hydrogen (secondary N) is 1. The van der Waals surface area contributed by atoms with Crippen LogP contribution >= 0.6 is 0 Å². The second kappa shape index (κ2) is 7.21. The summed E-state index contributed by atoms with van der Waals surface area (Å²) in [5, 5.41) is 4.55. The normalized spacial score (nSPS) is 19.8. The first-order chi connectivity index (χ1) is 12.7. The van der Waals surface area contributed by atoms with E-state index in [2.05, 4.69) is 30.2 Å². The van der Waals surface area contributed by atoms with Crippen molar-refractivity contribution in [1.82, 2.24) is 19.9 Å². The van der Waals surface area contributed by atoms with Crippen LogP contribution in [-0.2, 0) is 4.74 Å². The maximum Gasteiger partial charge on any atom is 0.152 e. The first-order valence-corrected chi connectivity index (χ1v) is 8.76. The third kappa shape index (κ3) is 3.30. The molecule has 0 amide bonds. The molecular formula is C19H22N6O. The molecule has 0 aromatic carbocycles. The van der Waals surface area contributed by atoms with Crippen LogP contribution in [0.25, 0.3) is 10.9 Å². The van der Waals surface area contributed by atoms with Gasteiger partial charge >= 0.3 is 0 Å². The van der Waals surface area contributed by atoms with Gasteiger partial charge in [0.2, 0.25) is 0 Å². The minimum absolute atomic E-state index is 0.190. The van der Waals surface area contributed by atoms with Crippen LogP contribution in [0.1, 0.15) is 12.1 Å². The zero-order valence-corrected chi connectivity index (χ0v) is 15.0. The first kappa shape index (κ1) is 16.7. The summed E-state index contributed by atoms with van der Waals surface area (Å²) in [6.07, 6.45) is 6.35. The maximum atomic E-state index is 5.60. The molecule has 2 atom stereocenters. The van der Waals surface area contributed by atoms with Crippen LogP contribution < -0.4 is 10.2 Å². The third-order valence-corrected chi connectivity index (χ3v) is 4.82. The maximum absolute atomic E-state index is 5.60. The lowest BCUT2D eigenvalue weighted by atomic mass is 10.2. The summed E-state index contributed by atoms with van der Waals surface area (Å²) >= 11 is 0. The van der Waals surface area contributed by atoms with E-state index in [0.717, 1.165) is 47.7 Å². The number of aromatic nitrogens is 4. The van der Waals surface area contributed by atoms with Crippen molar-refractivity contribution < 1.29 is 4.74 Å². The summed E-state index contributed by atoms with van der Waals surface area (Å²) in [6, 6.07) is 8.23. The van der Waals surface area contributed by atoms with E-state index < -0.39 is 0 Å². The van der Waals surface area contributed by atoms with Gasteiger partial charge in [-0.15, -0.1) is 0 Å². The van der Waals surface area contributed by atoms with E-state index >= 15 is 0 Å². The molecule has 7 heteroatoms. The number of ether oxygens (including phenoxy) is 1. The number of rotatable bonds is 5. The van der Waals surface area contributed by atoms with Crippen LogP contribution in [0.15, 0.2) is 43.0 Å². The lowest BCUT2D eigenvalue weighted by Gasteiger charge is -2.26. The highest BCUT2D eigenvalue weighted by Gasteiger charge is 2.33. The Bertz CT molecular complexity index is 897. The first-order valence-electron chi connectivity index (χ1n) is 8.76. The summed E-state index contributed by atoms with van der Waals surface area (Å²) in [6.45, 7) is 3.54. The monoisotopic (exact) mass is 350 g/mol. The van der Waals surface area contributed by atoms with Crippen LogP contribution in [0.2, 0.25) is 0 Å². The van der Waals surface area contributed by atoms with Gasteiger partial charge in [0.25, 0.3) is 0 Å². The smallest absolute Gasteiger partial charge is 0.152 e. The predicted octanol–water partition coefficient (Wildman–Crippen LogP) is 2.43. The number of hydrogen-bond acceptors (Lipinski definition) is 7. The molecule has 3 aromatic rings. The highest BCUT2D eigenvalue weighted by atomic mass is 16.5. The summed E-state index contributed by atoms with van der Waals surface area (Å²) in [4.78, 5) is 19.9. The Morgan fingerprint density at radius 1 is 1.19 bits per heavy atom. The molecule has 1 fully saturated rings. The van der Waals surface area contributed by atoms with Crippen molar-refractivity contribution in [1.29, 1.82) is 0 Å². The van der Waals surface area contributed by atoms with Crippen LogP contribution in [0, 0.1) is 6.92 Å². The van der Waals surface area contributed by atoms with Gasteiger partial charge in [-0.3, -0.25) is 4.98 Å². The molecule has 1 aliphatic heterocycles. The van der Waals surface area contributed by atoms with E-state index in [1.807, 2.05) is 37.4 Å². The number of hydrogen-bond donors (Lipinski definition) is 1. The second-order valence-corrected chi connectivity index (χ2v) is 6.53. The van der Waals surface area contributed by atoms with Crippen molar-refractivity contribution >= 4 is 22.5 Å². The van der Waals surface area contributed by atoms with E-state index in [9.17, 15) is 0 Å². The lowest BCUT2D eigenvalue weighted by Crippen LogP contribution is -2.36. The summed E-state index contributed by atoms with van der Waals surface area (Å²) in [5.74, 6) is 1.75. The zero-order valence-electron chi connectivity index (χ0n) is 15.0. The Kier molecular flexibility index (Phi) is 4.62. The minimum atomic E-state index is 0.190. The Morgan fingerprint density at radius 2 is 2.12 bits per heavy atom. The highest BCUT2D eigenvalue weighted by molar-refractivity contribution is 5.87. The molecule has 4 rings (SSSR count). The van der Waals surface area contributed by atoms with Gasteiger partial charge in [-0.05, 0) is 25.5 Å². The molecule has 0 unspecified atom stereocenters. The molecule has 1 aliphatic rings. The minimum Gasteiger partial charge on any atom is -0.380 e. The van der Waals surface area contributed by atoms with E-state index in [4.69, 9.17) is 4.74 Å². The van der Waals surface area contributed by atoms with Crippen molar-refractivity contribution in [3.05, 3.63) is 48.7 Å². The lowest BCUT2D eigenvalue weighted by molar-refractivity contribution is 0.118. The number of pyridine rings is 2. The van der Waals surface area contributed by atoms with E-state index in [1.165, 1.54) is 0 Å². The van der Waals surface area contributed by atoms with Gasteiger partial charge in [0, 0.05) is 49.7 Å². The van der Waals surface area contributed by atoms with Gasteiger partial charge in [0.15, 0.2) is 5.82 Å². The molecule has 0 radical (unpaired) electrons.